The fourth-order valence-electron chi connectivity index (χ4n) is 3.04. The van der Waals surface area contributed by atoms with Gasteiger partial charge in [0.25, 0.3) is 0 Å². The van der Waals surface area contributed by atoms with Crippen LogP contribution in [-0.4, -0.2) is 20.2 Å². The first kappa shape index (κ1) is 14.5. The molecule has 3 nitrogen and oxygen atoms in total. The van der Waals surface area contributed by atoms with Crippen LogP contribution in [0.3, 0.4) is 0 Å². The number of rotatable bonds is 4. The van der Waals surface area contributed by atoms with E-state index in [1.807, 2.05) is 6.07 Å². The molecular weight excluding hydrogens is 258 g/mol. The average molecular weight is 281 g/mol. The van der Waals surface area contributed by atoms with Crippen LogP contribution in [0.5, 0.6) is 0 Å². The van der Waals surface area contributed by atoms with Gasteiger partial charge in [-0.15, -0.1) is 0 Å². The summed E-state index contributed by atoms with van der Waals surface area (Å²) in [6, 6.07) is 8.73. The highest BCUT2D eigenvalue weighted by molar-refractivity contribution is 7.92. The second-order valence-corrected chi connectivity index (χ2v) is 7.55. The lowest BCUT2D eigenvalue weighted by molar-refractivity contribution is 0.425. The maximum absolute atomic E-state index is 12.7. The standard InChI is InChI=1S/C15H23NO2S/c16-12-15(13-8-4-1-2-5-9-13)19(17,18)14-10-6-3-7-11-14/h3,6-7,10-11,13,15H,1-2,4-5,8-9,12,16H2. The fourth-order valence-corrected chi connectivity index (χ4v) is 4.96. The summed E-state index contributed by atoms with van der Waals surface area (Å²) in [5.74, 6) is 0.220. The number of nitrogens with two attached hydrogens (primary N) is 1. The molecule has 1 aliphatic carbocycles. The van der Waals surface area contributed by atoms with Crippen molar-refractivity contribution in [1.29, 1.82) is 0 Å². The molecule has 2 rings (SSSR count). The first-order valence-corrected chi connectivity index (χ1v) is 8.70. The van der Waals surface area contributed by atoms with Gasteiger partial charge in [-0.05, 0) is 30.9 Å². The van der Waals surface area contributed by atoms with Crippen LogP contribution in [0.25, 0.3) is 0 Å². The molecule has 0 bridgehead atoms. The van der Waals surface area contributed by atoms with Crippen molar-refractivity contribution in [3.63, 3.8) is 0 Å². The molecule has 0 heterocycles. The van der Waals surface area contributed by atoms with Gasteiger partial charge in [0.05, 0.1) is 10.1 Å². The van der Waals surface area contributed by atoms with Gasteiger partial charge in [-0.25, -0.2) is 8.42 Å². The molecule has 1 aromatic carbocycles. The third-order valence-electron chi connectivity index (χ3n) is 4.13. The quantitative estimate of drug-likeness (QED) is 0.863. The summed E-state index contributed by atoms with van der Waals surface area (Å²) in [5.41, 5.74) is 5.80. The Kier molecular flexibility index (Phi) is 4.99. The highest BCUT2D eigenvalue weighted by Crippen LogP contribution is 2.31. The van der Waals surface area contributed by atoms with Gasteiger partial charge in [-0.2, -0.15) is 0 Å². The van der Waals surface area contributed by atoms with E-state index in [4.69, 9.17) is 5.73 Å². The van der Waals surface area contributed by atoms with Crippen LogP contribution < -0.4 is 5.73 Å². The maximum Gasteiger partial charge on any atom is 0.182 e. The first-order valence-electron chi connectivity index (χ1n) is 7.15. The number of benzene rings is 1. The van der Waals surface area contributed by atoms with Crippen molar-refractivity contribution in [3.05, 3.63) is 30.3 Å². The van der Waals surface area contributed by atoms with Crippen LogP contribution in [0, 0.1) is 5.92 Å². The topological polar surface area (TPSA) is 60.2 Å². The van der Waals surface area contributed by atoms with Crippen LogP contribution >= 0.6 is 0 Å². The van der Waals surface area contributed by atoms with Crippen molar-refractivity contribution in [1.82, 2.24) is 0 Å². The minimum Gasteiger partial charge on any atom is -0.329 e. The van der Waals surface area contributed by atoms with Gasteiger partial charge in [0, 0.05) is 6.54 Å². The van der Waals surface area contributed by atoms with E-state index < -0.39 is 15.1 Å². The van der Waals surface area contributed by atoms with Crippen molar-refractivity contribution < 1.29 is 8.42 Å². The molecule has 0 saturated heterocycles. The van der Waals surface area contributed by atoms with Crippen molar-refractivity contribution in [3.8, 4) is 0 Å². The fraction of sp³-hybridized carbons (Fsp3) is 0.600. The summed E-state index contributed by atoms with van der Waals surface area (Å²) < 4.78 is 25.4. The van der Waals surface area contributed by atoms with Crippen molar-refractivity contribution in [2.45, 2.75) is 48.7 Å². The Hall–Kier alpha value is -0.870. The Labute approximate surface area is 116 Å². The monoisotopic (exact) mass is 281 g/mol. The molecule has 19 heavy (non-hydrogen) atoms. The zero-order chi connectivity index (χ0) is 13.7. The summed E-state index contributed by atoms with van der Waals surface area (Å²) in [6.45, 7) is 0.224. The van der Waals surface area contributed by atoms with E-state index >= 15 is 0 Å². The number of hydrogen-bond acceptors (Lipinski definition) is 3. The minimum atomic E-state index is -3.29. The predicted molar refractivity (Wildman–Crippen MR) is 77.7 cm³/mol. The molecule has 1 aliphatic rings. The number of hydrogen-bond donors (Lipinski definition) is 1. The van der Waals surface area contributed by atoms with Gasteiger partial charge in [0.1, 0.15) is 0 Å². The molecule has 1 unspecified atom stereocenters. The lowest BCUT2D eigenvalue weighted by atomic mass is 9.96. The van der Waals surface area contributed by atoms with Crippen molar-refractivity contribution in [2.24, 2.45) is 11.7 Å². The second kappa shape index (κ2) is 6.53. The Bertz CT molecular complexity index is 476. The molecule has 0 amide bonds. The highest BCUT2D eigenvalue weighted by atomic mass is 32.2. The molecule has 0 aliphatic heterocycles. The van der Waals surface area contributed by atoms with Crippen LogP contribution in [-0.2, 0) is 9.84 Å². The molecule has 1 aromatic rings. The summed E-state index contributed by atoms with van der Waals surface area (Å²) in [4.78, 5) is 0.412. The SMILES string of the molecule is NCC(C1CCCCCC1)S(=O)(=O)c1ccccc1. The van der Waals surface area contributed by atoms with E-state index in [-0.39, 0.29) is 12.5 Å². The molecule has 0 radical (unpaired) electrons. The molecular formula is C15H23NO2S. The van der Waals surface area contributed by atoms with E-state index in [0.29, 0.717) is 4.90 Å². The van der Waals surface area contributed by atoms with Gasteiger partial charge in [0.2, 0.25) is 0 Å². The molecule has 1 saturated carbocycles. The Balaban J connectivity index is 2.25. The Morgan fingerprint density at radius 2 is 1.63 bits per heavy atom. The molecule has 2 N–H and O–H groups in total. The van der Waals surface area contributed by atoms with E-state index in [1.54, 1.807) is 24.3 Å². The normalized spacial score (nSPS) is 19.8. The second-order valence-electron chi connectivity index (χ2n) is 5.38. The van der Waals surface area contributed by atoms with E-state index in [2.05, 4.69) is 0 Å². The van der Waals surface area contributed by atoms with Crippen LogP contribution in [0.1, 0.15) is 38.5 Å². The highest BCUT2D eigenvalue weighted by Gasteiger charge is 2.33. The molecule has 4 heteroatoms. The summed E-state index contributed by atoms with van der Waals surface area (Å²) in [6.07, 6.45) is 6.69. The van der Waals surface area contributed by atoms with Gasteiger partial charge in [-0.3, -0.25) is 0 Å². The average Bonchev–Trinajstić information content (AvgIpc) is 2.69. The molecule has 0 aromatic heterocycles. The molecule has 1 atom stereocenters. The van der Waals surface area contributed by atoms with E-state index in [0.717, 1.165) is 25.7 Å². The first-order chi connectivity index (χ1) is 9.16. The third-order valence-corrected chi connectivity index (χ3v) is 6.43. The lowest BCUT2D eigenvalue weighted by Gasteiger charge is -2.24. The molecule has 0 spiro atoms. The lowest BCUT2D eigenvalue weighted by Crippen LogP contribution is -2.36. The van der Waals surface area contributed by atoms with E-state index in [1.165, 1.54) is 12.8 Å². The van der Waals surface area contributed by atoms with Crippen LogP contribution in [0.4, 0.5) is 0 Å². The van der Waals surface area contributed by atoms with Crippen LogP contribution in [0.15, 0.2) is 35.2 Å². The Morgan fingerprint density at radius 1 is 1.05 bits per heavy atom. The van der Waals surface area contributed by atoms with Gasteiger partial charge in [-0.1, -0.05) is 43.9 Å². The minimum absolute atomic E-state index is 0.220. The van der Waals surface area contributed by atoms with Gasteiger partial charge < -0.3 is 5.73 Å². The van der Waals surface area contributed by atoms with Crippen molar-refractivity contribution in [2.75, 3.05) is 6.54 Å². The van der Waals surface area contributed by atoms with Crippen molar-refractivity contribution >= 4 is 9.84 Å². The Morgan fingerprint density at radius 3 is 2.16 bits per heavy atom. The maximum atomic E-state index is 12.7. The van der Waals surface area contributed by atoms with E-state index in [9.17, 15) is 8.42 Å². The van der Waals surface area contributed by atoms with Gasteiger partial charge >= 0.3 is 0 Å². The smallest absolute Gasteiger partial charge is 0.182 e. The number of sulfone groups is 1. The molecule has 1 fully saturated rings. The summed E-state index contributed by atoms with van der Waals surface area (Å²) >= 11 is 0. The van der Waals surface area contributed by atoms with Gasteiger partial charge in [0.15, 0.2) is 9.84 Å². The summed E-state index contributed by atoms with van der Waals surface area (Å²) in [5, 5.41) is -0.423. The third kappa shape index (κ3) is 3.37. The zero-order valence-corrected chi connectivity index (χ0v) is 12.1. The zero-order valence-electron chi connectivity index (χ0n) is 11.3. The summed E-state index contributed by atoms with van der Waals surface area (Å²) in [7, 11) is -3.29. The molecule has 106 valence electrons. The largest absolute Gasteiger partial charge is 0.329 e. The predicted octanol–water partition coefficient (Wildman–Crippen LogP) is 2.76. The van der Waals surface area contributed by atoms with Crippen LogP contribution in [0.2, 0.25) is 0 Å².